The van der Waals surface area contributed by atoms with Crippen molar-refractivity contribution in [3.05, 3.63) is 60.3 Å². The highest BCUT2D eigenvalue weighted by atomic mass is 32.2. The standard InChI is InChI=1S/C28H36N2O4S/c1-33-22-8-9-25-24(17-22)23(11-13-29-25)26(32)10-7-20-12-14-30(18-21(20)19-31)15-16-35-28-6-4-3-5-27(28)34-2/h3-6,8-9,11,13,17,20-21,26,31-32H,7,10,12,14-16,18-19H2,1-2H3/t20-,21-,26?/m1/s1. The smallest absolute Gasteiger partial charge is 0.132 e. The maximum atomic E-state index is 11.0. The Morgan fingerprint density at radius 2 is 1.97 bits per heavy atom. The van der Waals surface area contributed by atoms with Crippen LogP contribution in [0.5, 0.6) is 11.5 Å². The summed E-state index contributed by atoms with van der Waals surface area (Å²) in [6.07, 6.45) is 3.79. The number of fused-ring (bicyclic) bond motifs is 1. The molecule has 2 N–H and O–H groups in total. The molecule has 1 aromatic heterocycles. The predicted octanol–water partition coefficient (Wildman–Crippen LogP) is 4.79. The Balaban J connectivity index is 1.29. The van der Waals surface area contributed by atoms with Gasteiger partial charge in [0.2, 0.25) is 0 Å². The molecule has 188 valence electrons. The molecule has 1 saturated heterocycles. The van der Waals surface area contributed by atoms with Gasteiger partial charge >= 0.3 is 0 Å². The van der Waals surface area contributed by atoms with Crippen molar-refractivity contribution >= 4 is 22.7 Å². The number of aromatic nitrogens is 1. The molecule has 6 nitrogen and oxygen atoms in total. The number of hydrogen-bond acceptors (Lipinski definition) is 7. The Morgan fingerprint density at radius 3 is 2.77 bits per heavy atom. The average molecular weight is 497 g/mol. The minimum absolute atomic E-state index is 0.187. The van der Waals surface area contributed by atoms with E-state index >= 15 is 0 Å². The zero-order valence-electron chi connectivity index (χ0n) is 20.6. The molecule has 1 aliphatic rings. The molecule has 0 aliphatic carbocycles. The van der Waals surface area contributed by atoms with Crippen molar-refractivity contribution in [2.45, 2.75) is 30.3 Å². The number of likely N-dealkylation sites (tertiary alicyclic amines) is 1. The highest BCUT2D eigenvalue weighted by molar-refractivity contribution is 7.99. The molecule has 0 spiro atoms. The minimum Gasteiger partial charge on any atom is -0.497 e. The van der Waals surface area contributed by atoms with E-state index in [-0.39, 0.29) is 12.5 Å². The van der Waals surface area contributed by atoms with Crippen molar-refractivity contribution < 1.29 is 19.7 Å². The second-order valence-electron chi connectivity index (χ2n) is 9.17. The zero-order valence-corrected chi connectivity index (χ0v) is 21.4. The lowest BCUT2D eigenvalue weighted by Gasteiger charge is -2.38. The van der Waals surface area contributed by atoms with Gasteiger partial charge in [-0.15, -0.1) is 11.8 Å². The third-order valence-corrected chi connectivity index (χ3v) is 8.13. The average Bonchev–Trinajstić information content (AvgIpc) is 2.91. The molecule has 3 atom stereocenters. The summed E-state index contributed by atoms with van der Waals surface area (Å²) in [4.78, 5) is 8.05. The summed E-state index contributed by atoms with van der Waals surface area (Å²) in [5, 5.41) is 22.1. The number of methoxy groups -OCH3 is 2. The van der Waals surface area contributed by atoms with Crippen molar-refractivity contribution in [3.8, 4) is 11.5 Å². The summed E-state index contributed by atoms with van der Waals surface area (Å²) in [5.74, 6) is 3.32. The van der Waals surface area contributed by atoms with Gasteiger partial charge in [-0.25, -0.2) is 0 Å². The number of para-hydroxylation sites is 1. The first kappa shape index (κ1) is 25.8. The number of nitrogens with zero attached hydrogens (tertiary/aromatic N) is 2. The lowest BCUT2D eigenvalue weighted by atomic mass is 9.81. The summed E-state index contributed by atoms with van der Waals surface area (Å²) in [6.45, 7) is 3.10. The van der Waals surface area contributed by atoms with Crippen molar-refractivity contribution in [1.29, 1.82) is 0 Å². The summed E-state index contributed by atoms with van der Waals surface area (Å²) in [7, 11) is 3.35. The van der Waals surface area contributed by atoms with Crippen LogP contribution in [0.15, 0.2) is 59.6 Å². The SMILES string of the molecule is COc1ccc2nccc(C(O)CC[C@@H]3CCN(CCSc4ccccc4OC)C[C@@H]3CO)c2c1. The molecular formula is C28H36N2O4S. The topological polar surface area (TPSA) is 75.1 Å². The van der Waals surface area contributed by atoms with Crippen LogP contribution in [0.3, 0.4) is 0 Å². The second-order valence-corrected chi connectivity index (χ2v) is 10.3. The predicted molar refractivity (Wildman–Crippen MR) is 141 cm³/mol. The Morgan fingerprint density at radius 1 is 1.11 bits per heavy atom. The maximum absolute atomic E-state index is 11.0. The Bertz CT molecular complexity index is 1100. The molecular weight excluding hydrogens is 460 g/mol. The van der Waals surface area contributed by atoms with Crippen molar-refractivity contribution in [2.75, 3.05) is 46.2 Å². The van der Waals surface area contributed by atoms with Gasteiger partial charge in [0.25, 0.3) is 0 Å². The van der Waals surface area contributed by atoms with Crippen LogP contribution in [-0.2, 0) is 0 Å². The number of hydrogen-bond donors (Lipinski definition) is 2. The molecule has 0 bridgehead atoms. The van der Waals surface area contributed by atoms with Gasteiger partial charge in [0.1, 0.15) is 11.5 Å². The largest absolute Gasteiger partial charge is 0.497 e. The van der Waals surface area contributed by atoms with E-state index in [4.69, 9.17) is 9.47 Å². The van der Waals surface area contributed by atoms with Crippen LogP contribution < -0.4 is 9.47 Å². The van der Waals surface area contributed by atoms with Crippen molar-refractivity contribution in [1.82, 2.24) is 9.88 Å². The van der Waals surface area contributed by atoms with Gasteiger partial charge in [-0.3, -0.25) is 4.98 Å². The first-order chi connectivity index (χ1) is 17.1. The van der Waals surface area contributed by atoms with E-state index in [0.717, 1.165) is 66.2 Å². The number of aliphatic hydroxyl groups is 2. The normalized spacial score (nSPS) is 19.5. The molecule has 0 radical (unpaired) electrons. The monoisotopic (exact) mass is 496 g/mol. The molecule has 2 aromatic carbocycles. The van der Waals surface area contributed by atoms with Gasteiger partial charge in [0.15, 0.2) is 0 Å². The zero-order chi connectivity index (χ0) is 24.6. The number of aliphatic hydroxyl groups excluding tert-OH is 2. The highest BCUT2D eigenvalue weighted by Gasteiger charge is 2.29. The van der Waals surface area contributed by atoms with Crippen LogP contribution in [0.25, 0.3) is 10.9 Å². The molecule has 4 rings (SSSR count). The third kappa shape index (κ3) is 6.47. The lowest BCUT2D eigenvalue weighted by molar-refractivity contribution is 0.0608. The van der Waals surface area contributed by atoms with Gasteiger partial charge in [-0.05, 0) is 79.6 Å². The molecule has 3 aromatic rings. The van der Waals surface area contributed by atoms with Gasteiger partial charge in [0.05, 0.1) is 25.8 Å². The molecule has 7 heteroatoms. The van der Waals surface area contributed by atoms with Crippen LogP contribution in [0.2, 0.25) is 0 Å². The number of pyridine rings is 1. The van der Waals surface area contributed by atoms with Gasteiger partial charge in [-0.1, -0.05) is 12.1 Å². The van der Waals surface area contributed by atoms with Crippen molar-refractivity contribution in [3.63, 3.8) is 0 Å². The van der Waals surface area contributed by atoms with Crippen molar-refractivity contribution in [2.24, 2.45) is 11.8 Å². The summed E-state index contributed by atoms with van der Waals surface area (Å²) in [6, 6.07) is 15.8. The van der Waals surface area contributed by atoms with E-state index in [0.29, 0.717) is 12.3 Å². The van der Waals surface area contributed by atoms with Gasteiger partial charge in [0, 0.05) is 41.9 Å². The fourth-order valence-corrected chi connectivity index (χ4v) is 6.10. The number of benzene rings is 2. The summed E-state index contributed by atoms with van der Waals surface area (Å²) in [5.41, 5.74) is 1.75. The van der Waals surface area contributed by atoms with Crippen LogP contribution >= 0.6 is 11.8 Å². The van der Waals surface area contributed by atoms with E-state index in [9.17, 15) is 10.2 Å². The minimum atomic E-state index is -0.567. The third-order valence-electron chi connectivity index (χ3n) is 7.10. The fourth-order valence-electron chi connectivity index (χ4n) is 5.06. The lowest BCUT2D eigenvalue weighted by Crippen LogP contribution is -2.43. The fraction of sp³-hybridized carbons (Fsp3) is 0.464. The maximum Gasteiger partial charge on any atom is 0.132 e. The number of rotatable bonds is 11. The first-order valence-corrected chi connectivity index (χ1v) is 13.3. The van der Waals surface area contributed by atoms with E-state index < -0.39 is 6.10 Å². The molecule has 1 aliphatic heterocycles. The summed E-state index contributed by atoms with van der Waals surface area (Å²) >= 11 is 1.81. The molecule has 0 saturated carbocycles. The van der Waals surface area contributed by atoms with Crippen LogP contribution in [0, 0.1) is 11.8 Å². The van der Waals surface area contributed by atoms with E-state index in [1.807, 2.05) is 54.2 Å². The molecule has 0 amide bonds. The summed E-state index contributed by atoms with van der Waals surface area (Å²) < 4.78 is 10.8. The first-order valence-electron chi connectivity index (χ1n) is 12.3. The second kappa shape index (κ2) is 12.6. The molecule has 2 heterocycles. The molecule has 1 unspecified atom stereocenters. The molecule has 35 heavy (non-hydrogen) atoms. The Kier molecular flexibility index (Phi) is 9.26. The Labute approximate surface area is 212 Å². The number of thioether (sulfide) groups is 1. The van der Waals surface area contributed by atoms with Crippen LogP contribution in [0.1, 0.15) is 30.9 Å². The van der Waals surface area contributed by atoms with Crippen LogP contribution in [-0.4, -0.2) is 66.3 Å². The van der Waals surface area contributed by atoms with Gasteiger partial charge in [-0.2, -0.15) is 0 Å². The van der Waals surface area contributed by atoms with Gasteiger partial charge < -0.3 is 24.6 Å². The van der Waals surface area contributed by atoms with Crippen LogP contribution in [0.4, 0.5) is 0 Å². The number of ether oxygens (including phenoxy) is 2. The molecule has 1 fully saturated rings. The van der Waals surface area contributed by atoms with E-state index in [1.165, 1.54) is 4.90 Å². The Hall–Kier alpha value is -2.32. The van der Waals surface area contributed by atoms with E-state index in [2.05, 4.69) is 16.0 Å². The quantitative estimate of drug-likeness (QED) is 0.370. The highest BCUT2D eigenvalue weighted by Crippen LogP contribution is 2.34. The number of piperidine rings is 1. The van der Waals surface area contributed by atoms with E-state index in [1.54, 1.807) is 20.4 Å².